The zero-order chi connectivity index (χ0) is 19.1. The molecule has 0 aliphatic carbocycles. The largest absolute Gasteiger partial charge is 0.465 e. The number of sulfonamides is 1. The Morgan fingerprint density at radius 3 is 2.73 bits per heavy atom. The molecule has 1 aliphatic rings. The lowest BCUT2D eigenvalue weighted by atomic mass is 10.0. The lowest BCUT2D eigenvalue weighted by Crippen LogP contribution is -2.30. The summed E-state index contributed by atoms with van der Waals surface area (Å²) in [5, 5.41) is 5.32. The Kier molecular flexibility index (Phi) is 5.21. The maximum absolute atomic E-state index is 12.1. The van der Waals surface area contributed by atoms with Crippen molar-refractivity contribution in [1.82, 2.24) is 4.90 Å². The highest BCUT2D eigenvalue weighted by atomic mass is 32.2. The van der Waals surface area contributed by atoms with Crippen LogP contribution in [0, 0.1) is 13.8 Å². The predicted octanol–water partition coefficient (Wildman–Crippen LogP) is 2.36. The van der Waals surface area contributed by atoms with E-state index in [0.717, 1.165) is 34.9 Å². The molecule has 0 atom stereocenters. The Hall–Kier alpha value is -1.74. The molecule has 0 saturated carbocycles. The van der Waals surface area contributed by atoms with E-state index in [1.165, 1.54) is 23.8 Å². The number of benzene rings is 1. The minimum absolute atomic E-state index is 0.0945. The van der Waals surface area contributed by atoms with E-state index < -0.39 is 16.0 Å². The molecule has 2 heterocycles. The Bertz CT molecular complexity index is 964. The molecule has 2 N–H and O–H groups in total. The van der Waals surface area contributed by atoms with Crippen LogP contribution in [0.3, 0.4) is 0 Å². The molecule has 3 rings (SSSR count). The Labute approximate surface area is 157 Å². The number of hydrogen-bond donors (Lipinski definition) is 1. The molecule has 0 saturated heterocycles. The Balaban J connectivity index is 1.93. The quantitative estimate of drug-likeness (QED) is 0.804. The zero-order valence-electron chi connectivity index (χ0n) is 15.0. The first-order valence-electron chi connectivity index (χ1n) is 8.25. The van der Waals surface area contributed by atoms with Gasteiger partial charge in [0.15, 0.2) is 0 Å². The number of hydrogen-bond acceptors (Lipinski definition) is 6. The number of ether oxygens (including phenoxy) is 1. The molecule has 1 aromatic carbocycles. The van der Waals surface area contributed by atoms with Crippen LogP contribution in [-0.2, 0) is 34.3 Å². The van der Waals surface area contributed by atoms with Crippen LogP contribution in [0.2, 0.25) is 0 Å². The summed E-state index contributed by atoms with van der Waals surface area (Å²) in [5.41, 5.74) is 4.56. The molecular formula is C18H22N2O4S2. The summed E-state index contributed by atoms with van der Waals surface area (Å²) in [4.78, 5) is 15.2. The van der Waals surface area contributed by atoms with Crippen LogP contribution in [0.4, 0.5) is 0 Å². The number of carbonyl (C=O) groups is 1. The Morgan fingerprint density at radius 1 is 1.35 bits per heavy atom. The number of methoxy groups -OCH3 is 1. The molecule has 0 spiro atoms. The number of nitrogens with zero attached hydrogens (tertiary/aromatic N) is 1. The van der Waals surface area contributed by atoms with Gasteiger partial charge < -0.3 is 4.74 Å². The van der Waals surface area contributed by atoms with Crippen molar-refractivity contribution in [3.63, 3.8) is 0 Å². The van der Waals surface area contributed by atoms with Crippen molar-refractivity contribution in [1.29, 1.82) is 0 Å². The number of rotatable bonds is 4. The van der Waals surface area contributed by atoms with Gasteiger partial charge in [-0.05, 0) is 37.0 Å². The molecule has 0 fully saturated rings. The monoisotopic (exact) mass is 394 g/mol. The summed E-state index contributed by atoms with van der Waals surface area (Å²) in [7, 11) is -2.73. The number of esters is 1. The fourth-order valence-electron chi connectivity index (χ4n) is 3.29. The average Bonchev–Trinajstić information content (AvgIpc) is 2.96. The van der Waals surface area contributed by atoms with Crippen LogP contribution in [-0.4, -0.2) is 32.9 Å². The van der Waals surface area contributed by atoms with Crippen molar-refractivity contribution < 1.29 is 17.9 Å². The van der Waals surface area contributed by atoms with Crippen molar-refractivity contribution >= 4 is 27.3 Å². The van der Waals surface area contributed by atoms with E-state index in [0.29, 0.717) is 13.0 Å². The lowest BCUT2D eigenvalue weighted by molar-refractivity contribution is 0.0595. The first kappa shape index (κ1) is 19.0. The van der Waals surface area contributed by atoms with Crippen LogP contribution in [0.1, 0.15) is 37.5 Å². The first-order valence-corrected chi connectivity index (χ1v) is 10.6. The SMILES string of the molecule is COC(=O)c1c(S(N)(=O)=O)sc2c1CCN(Cc1cc(C)ccc1C)C2. The van der Waals surface area contributed by atoms with Gasteiger partial charge in [0.2, 0.25) is 10.0 Å². The third-order valence-corrected chi connectivity index (χ3v) is 7.33. The number of carbonyl (C=O) groups excluding carboxylic acids is 1. The van der Waals surface area contributed by atoms with Crippen molar-refractivity contribution in [2.75, 3.05) is 13.7 Å². The molecule has 0 unspecified atom stereocenters. The van der Waals surface area contributed by atoms with E-state index >= 15 is 0 Å². The first-order chi connectivity index (χ1) is 12.2. The highest BCUT2D eigenvalue weighted by Gasteiger charge is 2.32. The minimum atomic E-state index is -3.97. The van der Waals surface area contributed by atoms with Gasteiger partial charge in [-0.3, -0.25) is 4.90 Å². The predicted molar refractivity (Wildman–Crippen MR) is 101 cm³/mol. The summed E-state index contributed by atoms with van der Waals surface area (Å²) < 4.78 is 28.5. The molecule has 2 aromatic rings. The second kappa shape index (κ2) is 7.11. The van der Waals surface area contributed by atoms with E-state index in [9.17, 15) is 13.2 Å². The summed E-state index contributed by atoms with van der Waals surface area (Å²) in [5.74, 6) is -0.644. The number of thiophene rings is 1. The highest BCUT2D eigenvalue weighted by molar-refractivity contribution is 7.91. The number of nitrogens with two attached hydrogens (primary N) is 1. The second-order valence-electron chi connectivity index (χ2n) is 6.59. The van der Waals surface area contributed by atoms with Gasteiger partial charge >= 0.3 is 5.97 Å². The van der Waals surface area contributed by atoms with Crippen LogP contribution in [0.5, 0.6) is 0 Å². The van der Waals surface area contributed by atoms with E-state index in [1.54, 1.807) is 0 Å². The van der Waals surface area contributed by atoms with Crippen LogP contribution >= 0.6 is 11.3 Å². The summed E-state index contributed by atoms with van der Waals surface area (Å²) >= 11 is 1.08. The summed E-state index contributed by atoms with van der Waals surface area (Å²) in [6.45, 7) is 6.27. The van der Waals surface area contributed by atoms with Crippen molar-refractivity contribution in [2.45, 2.75) is 37.6 Å². The van der Waals surface area contributed by atoms with Gasteiger partial charge in [0.05, 0.1) is 12.7 Å². The molecule has 1 aliphatic heterocycles. The van der Waals surface area contributed by atoms with Crippen LogP contribution in [0.15, 0.2) is 22.4 Å². The Morgan fingerprint density at radius 2 is 2.08 bits per heavy atom. The normalized spacial score (nSPS) is 14.9. The maximum Gasteiger partial charge on any atom is 0.340 e. The number of fused-ring (bicyclic) bond motifs is 1. The third-order valence-electron chi connectivity index (χ3n) is 4.65. The fraction of sp³-hybridized carbons (Fsp3) is 0.389. The van der Waals surface area contributed by atoms with Gasteiger partial charge in [0.25, 0.3) is 0 Å². The standard InChI is InChI=1S/C18H22N2O4S2/c1-11-4-5-12(2)13(8-11)9-20-7-6-14-15(10-20)25-18(26(19,22)23)16(14)17(21)24-3/h4-5,8H,6-7,9-10H2,1-3H3,(H2,19,22,23). The molecular weight excluding hydrogens is 372 g/mol. The van der Waals surface area contributed by atoms with Crippen molar-refractivity contribution in [3.05, 3.63) is 50.9 Å². The highest BCUT2D eigenvalue weighted by Crippen LogP contribution is 2.36. The number of aryl methyl sites for hydroxylation is 2. The van der Waals surface area contributed by atoms with Gasteiger partial charge in [-0.25, -0.2) is 18.4 Å². The zero-order valence-corrected chi connectivity index (χ0v) is 16.7. The van der Waals surface area contributed by atoms with Crippen molar-refractivity contribution in [3.8, 4) is 0 Å². The molecule has 6 nitrogen and oxygen atoms in total. The van der Waals surface area contributed by atoms with E-state index in [4.69, 9.17) is 9.88 Å². The van der Waals surface area contributed by atoms with Gasteiger partial charge in [0, 0.05) is 24.5 Å². The molecule has 0 bridgehead atoms. The average molecular weight is 395 g/mol. The van der Waals surface area contributed by atoms with E-state index in [1.807, 2.05) is 0 Å². The topological polar surface area (TPSA) is 89.7 Å². The number of primary sulfonamides is 1. The van der Waals surface area contributed by atoms with Gasteiger partial charge in [0.1, 0.15) is 4.21 Å². The van der Waals surface area contributed by atoms with Gasteiger partial charge in [-0.1, -0.05) is 23.8 Å². The molecule has 0 radical (unpaired) electrons. The second-order valence-corrected chi connectivity index (χ2v) is 9.46. The summed E-state index contributed by atoms with van der Waals surface area (Å²) in [6.07, 6.45) is 0.594. The van der Waals surface area contributed by atoms with E-state index in [-0.39, 0.29) is 9.77 Å². The maximum atomic E-state index is 12.1. The third kappa shape index (κ3) is 3.68. The van der Waals surface area contributed by atoms with E-state index in [2.05, 4.69) is 36.9 Å². The molecule has 1 aromatic heterocycles. The molecule has 140 valence electrons. The van der Waals surface area contributed by atoms with Crippen LogP contribution < -0.4 is 5.14 Å². The molecule has 26 heavy (non-hydrogen) atoms. The molecule has 8 heteroatoms. The van der Waals surface area contributed by atoms with Crippen molar-refractivity contribution in [2.24, 2.45) is 5.14 Å². The minimum Gasteiger partial charge on any atom is -0.465 e. The summed E-state index contributed by atoms with van der Waals surface area (Å²) in [6, 6.07) is 6.38. The fourth-order valence-corrected chi connectivity index (χ4v) is 5.65. The lowest BCUT2D eigenvalue weighted by Gasteiger charge is -2.27. The molecule has 0 amide bonds. The smallest absolute Gasteiger partial charge is 0.340 e. The van der Waals surface area contributed by atoms with Crippen LogP contribution in [0.25, 0.3) is 0 Å². The van der Waals surface area contributed by atoms with Gasteiger partial charge in [-0.2, -0.15) is 0 Å². The van der Waals surface area contributed by atoms with Gasteiger partial charge in [-0.15, -0.1) is 11.3 Å².